The molecule has 13 heteroatoms. The first-order chi connectivity index (χ1) is 13.1. The van der Waals surface area contributed by atoms with Gasteiger partial charge < -0.3 is 30.1 Å². The Kier molecular flexibility index (Phi) is 6.82. The topological polar surface area (TPSA) is 161 Å². The van der Waals surface area contributed by atoms with Gasteiger partial charge in [0.25, 0.3) is 0 Å². The van der Waals surface area contributed by atoms with Gasteiger partial charge in [-0.2, -0.15) is 0 Å². The summed E-state index contributed by atoms with van der Waals surface area (Å²) in [6.45, 7) is -0.00390. The van der Waals surface area contributed by atoms with Crippen LogP contribution < -0.4 is 5.32 Å². The van der Waals surface area contributed by atoms with Crippen molar-refractivity contribution in [1.29, 1.82) is 0 Å². The van der Waals surface area contributed by atoms with Gasteiger partial charge in [0.05, 0.1) is 32.2 Å². The van der Waals surface area contributed by atoms with Crippen LogP contribution in [0.4, 0.5) is 5.82 Å². The molecule has 0 spiro atoms. The summed E-state index contributed by atoms with van der Waals surface area (Å²) >= 11 is 5.65. The number of hydrogen-bond acceptors (Lipinski definition) is 11. The molecule has 4 N–H and O–H groups in total. The van der Waals surface area contributed by atoms with Gasteiger partial charge in [-0.3, -0.25) is 0 Å². The average Bonchev–Trinajstić information content (AvgIpc) is 3.16. The highest BCUT2D eigenvalue weighted by atomic mass is 35.5. The van der Waals surface area contributed by atoms with Crippen molar-refractivity contribution in [3.8, 4) is 0 Å². The van der Waals surface area contributed by atoms with Crippen LogP contribution in [-0.2, 0) is 16.0 Å². The highest BCUT2D eigenvalue weighted by Gasteiger charge is 2.46. The minimum absolute atomic E-state index is 0.160. The van der Waals surface area contributed by atoms with Crippen LogP contribution >= 0.6 is 11.6 Å². The van der Waals surface area contributed by atoms with Gasteiger partial charge in [-0.25, -0.2) is 4.68 Å². The Hall–Kier alpha value is -1.96. The van der Waals surface area contributed by atoms with E-state index in [0.29, 0.717) is 18.1 Å². The van der Waals surface area contributed by atoms with E-state index in [0.717, 1.165) is 0 Å². The second-order valence-electron chi connectivity index (χ2n) is 5.81. The Morgan fingerprint density at radius 2 is 2.15 bits per heavy atom. The fourth-order valence-electron chi connectivity index (χ4n) is 2.70. The van der Waals surface area contributed by atoms with Crippen molar-refractivity contribution in [1.82, 2.24) is 30.4 Å². The maximum atomic E-state index is 10.5. The third-order valence-electron chi connectivity index (χ3n) is 4.02. The molecule has 12 nitrogen and oxygen atoms in total. The maximum Gasteiger partial charge on any atom is 0.183 e. The summed E-state index contributed by atoms with van der Waals surface area (Å²) in [5, 5.41) is 51.9. The van der Waals surface area contributed by atoms with Crippen molar-refractivity contribution in [2.75, 3.05) is 24.4 Å². The summed E-state index contributed by atoms with van der Waals surface area (Å²) in [6, 6.07) is 0.783. The molecule has 1 fully saturated rings. The molecular formula is C14H20ClN7O5. The highest BCUT2D eigenvalue weighted by Crippen LogP contribution is 2.30. The highest BCUT2D eigenvalue weighted by molar-refractivity contribution is 6.17. The van der Waals surface area contributed by atoms with E-state index in [9.17, 15) is 15.3 Å². The number of anilines is 1. The number of rotatable bonds is 8. The molecule has 3 heterocycles. The molecule has 2 unspecified atom stereocenters. The average molecular weight is 402 g/mol. The molecule has 0 aromatic carbocycles. The third kappa shape index (κ3) is 4.66. The lowest BCUT2D eigenvalue weighted by Gasteiger charge is -2.41. The number of ether oxygens (including phenoxy) is 2. The van der Waals surface area contributed by atoms with Crippen molar-refractivity contribution in [2.45, 2.75) is 37.2 Å². The number of aliphatic hydroxyl groups is 3. The quantitative estimate of drug-likeness (QED) is 0.373. The summed E-state index contributed by atoms with van der Waals surface area (Å²) in [5.41, 5.74) is 0.552. The summed E-state index contributed by atoms with van der Waals surface area (Å²) in [5.74, 6) is 0.735. The van der Waals surface area contributed by atoms with E-state index in [1.54, 1.807) is 12.3 Å². The van der Waals surface area contributed by atoms with E-state index in [2.05, 4.69) is 31.0 Å². The molecule has 0 amide bonds. The van der Waals surface area contributed by atoms with E-state index in [1.165, 1.54) is 10.9 Å². The largest absolute Gasteiger partial charge is 0.394 e. The molecule has 148 valence electrons. The van der Waals surface area contributed by atoms with E-state index in [1.807, 2.05) is 0 Å². The summed E-state index contributed by atoms with van der Waals surface area (Å²) in [6.07, 6.45) is -1.46. The Bertz CT molecular complexity index is 708. The molecule has 0 saturated carbocycles. The Labute approximate surface area is 159 Å². The van der Waals surface area contributed by atoms with Crippen LogP contribution in [0.2, 0.25) is 0 Å². The number of nitrogens with zero attached hydrogens (tertiary/aromatic N) is 6. The van der Waals surface area contributed by atoms with Gasteiger partial charge in [0.2, 0.25) is 0 Å². The number of hydrogen-bond donors (Lipinski definition) is 4. The maximum absolute atomic E-state index is 10.5. The van der Waals surface area contributed by atoms with Crippen LogP contribution in [-0.4, -0.2) is 89.4 Å². The smallest absolute Gasteiger partial charge is 0.183 e. The minimum atomic E-state index is -1.31. The van der Waals surface area contributed by atoms with Crippen LogP contribution in [0.5, 0.6) is 0 Å². The normalized spacial score (nSPS) is 28.2. The summed E-state index contributed by atoms with van der Waals surface area (Å²) in [7, 11) is 0. The van der Waals surface area contributed by atoms with Gasteiger partial charge in [0.1, 0.15) is 30.0 Å². The molecular weight excluding hydrogens is 382 g/mol. The van der Waals surface area contributed by atoms with Gasteiger partial charge in [-0.05, 0) is 5.21 Å². The zero-order valence-electron chi connectivity index (χ0n) is 14.2. The van der Waals surface area contributed by atoms with Gasteiger partial charge in [0.15, 0.2) is 12.1 Å². The number of aliphatic hydroxyl groups excluding tert-OH is 3. The van der Waals surface area contributed by atoms with Crippen molar-refractivity contribution >= 4 is 17.4 Å². The van der Waals surface area contributed by atoms with Crippen molar-refractivity contribution in [3.63, 3.8) is 0 Å². The lowest BCUT2D eigenvalue weighted by atomic mass is 9.97. The van der Waals surface area contributed by atoms with Crippen molar-refractivity contribution in [3.05, 3.63) is 24.2 Å². The predicted molar refractivity (Wildman–Crippen MR) is 90.6 cm³/mol. The van der Waals surface area contributed by atoms with E-state index in [4.69, 9.17) is 21.1 Å². The molecule has 2 aromatic heterocycles. The van der Waals surface area contributed by atoms with Crippen LogP contribution in [0, 0.1) is 0 Å². The second-order valence-corrected chi connectivity index (χ2v) is 6.18. The molecule has 2 aromatic rings. The van der Waals surface area contributed by atoms with Crippen LogP contribution in [0.25, 0.3) is 0 Å². The van der Waals surface area contributed by atoms with Crippen molar-refractivity contribution < 1.29 is 24.8 Å². The summed E-state index contributed by atoms with van der Waals surface area (Å²) < 4.78 is 12.4. The Morgan fingerprint density at radius 3 is 2.85 bits per heavy atom. The van der Waals surface area contributed by atoms with Gasteiger partial charge in [-0.1, -0.05) is 5.21 Å². The molecule has 0 bridgehead atoms. The molecule has 0 aliphatic carbocycles. The monoisotopic (exact) mass is 401 g/mol. The lowest BCUT2D eigenvalue weighted by molar-refractivity contribution is -0.280. The molecule has 0 radical (unpaired) electrons. The third-order valence-corrected chi connectivity index (χ3v) is 4.18. The van der Waals surface area contributed by atoms with Gasteiger partial charge >= 0.3 is 0 Å². The van der Waals surface area contributed by atoms with Crippen LogP contribution in [0.15, 0.2) is 18.5 Å². The molecule has 1 saturated heterocycles. The first-order valence-electron chi connectivity index (χ1n) is 8.23. The fourth-order valence-corrected chi connectivity index (χ4v) is 2.79. The fraction of sp³-hybridized carbons (Fsp3) is 0.643. The number of halogens is 1. The molecule has 27 heavy (non-hydrogen) atoms. The van der Waals surface area contributed by atoms with E-state index >= 15 is 0 Å². The van der Waals surface area contributed by atoms with E-state index < -0.39 is 37.3 Å². The zero-order valence-corrected chi connectivity index (χ0v) is 14.9. The minimum Gasteiger partial charge on any atom is -0.394 e. The SMILES string of the molecule is OCC1O[C@H](OCCCl)C(n2cc(CNc3ccnnn3)nn2)[C@@H](O)[C@@H]1O. The predicted octanol–water partition coefficient (Wildman–Crippen LogP) is -1.69. The van der Waals surface area contributed by atoms with Gasteiger partial charge in [0, 0.05) is 11.9 Å². The standard InChI is InChI=1S/C14H20ClN7O5/c15-2-4-26-14-11(13(25)12(24)9(7-23)27-14)22-6-8(18-21-22)5-16-10-1-3-17-20-19-10/h1,3,6,9,11-14,23-25H,2,4-5,7H2,(H,16,17,19)/t9?,11?,12-,13-,14+/m1/s1. The number of alkyl halides is 1. The molecule has 1 aliphatic rings. The Morgan fingerprint density at radius 1 is 1.30 bits per heavy atom. The Balaban J connectivity index is 1.72. The van der Waals surface area contributed by atoms with Crippen molar-refractivity contribution in [2.24, 2.45) is 0 Å². The molecule has 1 aliphatic heterocycles. The van der Waals surface area contributed by atoms with E-state index in [-0.39, 0.29) is 12.5 Å². The second kappa shape index (κ2) is 9.30. The van der Waals surface area contributed by atoms with Gasteiger partial charge in [-0.15, -0.1) is 26.9 Å². The van der Waals surface area contributed by atoms with Crippen LogP contribution in [0.3, 0.4) is 0 Å². The lowest BCUT2D eigenvalue weighted by Crippen LogP contribution is -2.57. The summed E-state index contributed by atoms with van der Waals surface area (Å²) in [4.78, 5) is 0. The number of nitrogens with one attached hydrogen (secondary N) is 1. The first-order valence-corrected chi connectivity index (χ1v) is 8.76. The zero-order chi connectivity index (χ0) is 19.2. The first kappa shape index (κ1) is 19.8. The van der Waals surface area contributed by atoms with Crippen LogP contribution in [0.1, 0.15) is 11.7 Å². The number of aromatic nitrogens is 6. The molecule has 5 atom stereocenters. The molecule has 3 rings (SSSR count).